The number of benzene rings is 1. The minimum atomic E-state index is 0.0163. The van der Waals surface area contributed by atoms with E-state index in [2.05, 4.69) is 12.2 Å². The second kappa shape index (κ2) is 9.62. The van der Waals surface area contributed by atoms with Gasteiger partial charge in [0.25, 0.3) is 5.91 Å². The monoisotopic (exact) mass is 373 g/mol. The predicted octanol–water partition coefficient (Wildman–Crippen LogP) is 3.28. The third-order valence-corrected chi connectivity index (χ3v) is 5.40. The van der Waals surface area contributed by atoms with Crippen LogP contribution in [0.4, 0.5) is 4.79 Å². The average molecular weight is 373 g/mol. The fourth-order valence-electron chi connectivity index (χ4n) is 3.66. The molecule has 1 N–H and O–H groups in total. The number of hydrogen-bond donors (Lipinski definition) is 1. The first-order valence-corrected chi connectivity index (χ1v) is 10.2. The van der Waals surface area contributed by atoms with E-state index in [0.717, 1.165) is 31.4 Å². The van der Waals surface area contributed by atoms with E-state index in [1.807, 2.05) is 34.1 Å². The Labute approximate surface area is 161 Å². The predicted molar refractivity (Wildman–Crippen MR) is 105 cm³/mol. The highest BCUT2D eigenvalue weighted by Crippen LogP contribution is 2.18. The summed E-state index contributed by atoms with van der Waals surface area (Å²) in [7, 11) is 0. The molecule has 1 saturated carbocycles. The molecule has 0 aromatic heterocycles. The molecule has 148 valence electrons. The normalized spacial score (nSPS) is 17.8. The van der Waals surface area contributed by atoms with Gasteiger partial charge in [-0.3, -0.25) is 4.79 Å². The second-order valence-electron chi connectivity index (χ2n) is 7.44. The highest BCUT2D eigenvalue weighted by molar-refractivity contribution is 5.94. The lowest BCUT2D eigenvalue weighted by Gasteiger charge is -2.35. The van der Waals surface area contributed by atoms with Gasteiger partial charge in [-0.25, -0.2) is 4.79 Å². The summed E-state index contributed by atoms with van der Waals surface area (Å²) >= 11 is 0. The summed E-state index contributed by atoms with van der Waals surface area (Å²) in [5.41, 5.74) is 0.668. The number of nitrogens with zero attached hydrogens (tertiary/aromatic N) is 2. The van der Waals surface area contributed by atoms with E-state index in [0.29, 0.717) is 44.4 Å². The van der Waals surface area contributed by atoms with Crippen LogP contribution in [0.5, 0.6) is 5.75 Å². The summed E-state index contributed by atoms with van der Waals surface area (Å²) in [6.07, 6.45) is 6.70. The summed E-state index contributed by atoms with van der Waals surface area (Å²) in [6, 6.07) is 7.70. The molecule has 0 spiro atoms. The first-order chi connectivity index (χ1) is 13.2. The van der Waals surface area contributed by atoms with Crippen LogP contribution < -0.4 is 10.1 Å². The lowest BCUT2D eigenvalue weighted by atomic mass is 10.1. The highest BCUT2D eigenvalue weighted by atomic mass is 16.5. The van der Waals surface area contributed by atoms with Gasteiger partial charge in [0.05, 0.1) is 6.61 Å². The van der Waals surface area contributed by atoms with Gasteiger partial charge in [0.2, 0.25) is 0 Å². The molecule has 2 fully saturated rings. The molecule has 0 unspecified atom stereocenters. The van der Waals surface area contributed by atoms with E-state index in [-0.39, 0.29) is 11.9 Å². The summed E-state index contributed by atoms with van der Waals surface area (Å²) in [5, 5.41) is 3.12. The van der Waals surface area contributed by atoms with E-state index >= 15 is 0 Å². The third-order valence-electron chi connectivity index (χ3n) is 5.40. The topological polar surface area (TPSA) is 61.9 Å². The van der Waals surface area contributed by atoms with Gasteiger partial charge in [0.15, 0.2) is 0 Å². The van der Waals surface area contributed by atoms with Crippen LogP contribution >= 0.6 is 0 Å². The Morgan fingerprint density at radius 2 is 1.67 bits per heavy atom. The van der Waals surface area contributed by atoms with Crippen molar-refractivity contribution < 1.29 is 14.3 Å². The third kappa shape index (κ3) is 5.37. The Bertz CT molecular complexity index is 618. The van der Waals surface area contributed by atoms with Gasteiger partial charge in [-0.2, -0.15) is 0 Å². The number of nitrogens with one attached hydrogen (secondary N) is 1. The van der Waals surface area contributed by atoms with Crippen LogP contribution in [0.15, 0.2) is 24.3 Å². The molecule has 27 heavy (non-hydrogen) atoms. The van der Waals surface area contributed by atoms with Crippen LogP contribution in [0.3, 0.4) is 0 Å². The van der Waals surface area contributed by atoms with Crippen LogP contribution in [0, 0.1) is 0 Å². The molecule has 6 nitrogen and oxygen atoms in total. The van der Waals surface area contributed by atoms with E-state index in [9.17, 15) is 9.59 Å². The Kier molecular flexibility index (Phi) is 6.96. The molecule has 1 aromatic carbocycles. The van der Waals surface area contributed by atoms with Gasteiger partial charge >= 0.3 is 6.03 Å². The summed E-state index contributed by atoms with van der Waals surface area (Å²) < 4.78 is 5.65. The minimum Gasteiger partial charge on any atom is -0.494 e. The van der Waals surface area contributed by atoms with E-state index in [1.54, 1.807) is 0 Å². The van der Waals surface area contributed by atoms with E-state index < -0.39 is 0 Å². The van der Waals surface area contributed by atoms with Crippen molar-refractivity contribution in [3.05, 3.63) is 29.8 Å². The second-order valence-corrected chi connectivity index (χ2v) is 7.44. The fourth-order valence-corrected chi connectivity index (χ4v) is 3.66. The summed E-state index contributed by atoms with van der Waals surface area (Å²) in [6.45, 7) is 5.15. The van der Waals surface area contributed by atoms with Crippen LogP contribution in [-0.2, 0) is 0 Å². The van der Waals surface area contributed by atoms with Crippen molar-refractivity contribution in [3.8, 4) is 5.75 Å². The first kappa shape index (κ1) is 19.5. The number of amides is 3. The largest absolute Gasteiger partial charge is 0.494 e. The Morgan fingerprint density at radius 3 is 2.30 bits per heavy atom. The molecule has 1 aliphatic heterocycles. The van der Waals surface area contributed by atoms with Crippen molar-refractivity contribution in [1.29, 1.82) is 0 Å². The smallest absolute Gasteiger partial charge is 0.317 e. The molecule has 0 bridgehead atoms. The van der Waals surface area contributed by atoms with Gasteiger partial charge in [-0.15, -0.1) is 0 Å². The number of carbonyl (C=O) groups excluding carboxylic acids is 2. The summed E-state index contributed by atoms with van der Waals surface area (Å²) in [5.74, 6) is 0.819. The van der Waals surface area contributed by atoms with Crippen LogP contribution in [0.1, 0.15) is 55.8 Å². The fraction of sp³-hybridized carbons (Fsp3) is 0.619. The molecule has 0 radical (unpaired) electrons. The van der Waals surface area contributed by atoms with Gasteiger partial charge in [-0.1, -0.05) is 26.2 Å². The molecule has 0 atom stereocenters. The van der Waals surface area contributed by atoms with Crippen LogP contribution in [0.25, 0.3) is 0 Å². The zero-order chi connectivity index (χ0) is 19.1. The Morgan fingerprint density at radius 1 is 1.04 bits per heavy atom. The van der Waals surface area contributed by atoms with Crippen molar-refractivity contribution in [3.63, 3.8) is 0 Å². The maximum absolute atomic E-state index is 12.7. The maximum atomic E-state index is 12.7. The first-order valence-electron chi connectivity index (χ1n) is 10.2. The molecule has 1 heterocycles. The van der Waals surface area contributed by atoms with Crippen molar-refractivity contribution in [1.82, 2.24) is 15.1 Å². The number of carbonyl (C=O) groups is 2. The Hall–Kier alpha value is -2.24. The van der Waals surface area contributed by atoms with Crippen molar-refractivity contribution in [2.45, 2.75) is 51.5 Å². The molecule has 3 amide bonds. The number of urea groups is 1. The van der Waals surface area contributed by atoms with E-state index in [4.69, 9.17) is 4.74 Å². The summed E-state index contributed by atoms with van der Waals surface area (Å²) in [4.78, 5) is 28.7. The molecule has 2 aliphatic rings. The minimum absolute atomic E-state index is 0.0163. The van der Waals surface area contributed by atoms with Gasteiger partial charge in [0.1, 0.15) is 5.75 Å². The van der Waals surface area contributed by atoms with Crippen molar-refractivity contribution in [2.24, 2.45) is 0 Å². The SMILES string of the molecule is CCCCOc1ccc(C(=O)N2CCN(C(=O)NC3CCCC3)CC2)cc1. The average Bonchev–Trinajstić information content (AvgIpc) is 3.21. The van der Waals surface area contributed by atoms with Gasteiger partial charge < -0.3 is 19.9 Å². The highest BCUT2D eigenvalue weighted by Gasteiger charge is 2.26. The zero-order valence-electron chi connectivity index (χ0n) is 16.3. The lowest BCUT2D eigenvalue weighted by Crippen LogP contribution is -2.54. The molecule has 6 heteroatoms. The van der Waals surface area contributed by atoms with Gasteiger partial charge in [-0.05, 0) is 43.5 Å². The van der Waals surface area contributed by atoms with Crippen LogP contribution in [-0.4, -0.2) is 60.6 Å². The molecule has 1 aromatic rings. The van der Waals surface area contributed by atoms with Gasteiger partial charge in [0, 0.05) is 37.8 Å². The standard InChI is InChI=1S/C21H31N3O3/c1-2-3-16-27-19-10-8-17(9-11-19)20(25)23-12-14-24(15-13-23)21(26)22-18-6-4-5-7-18/h8-11,18H,2-7,12-16H2,1H3,(H,22,26). The Balaban J connectivity index is 1.45. The number of rotatable bonds is 6. The molecule has 1 saturated heterocycles. The number of hydrogen-bond acceptors (Lipinski definition) is 3. The van der Waals surface area contributed by atoms with Crippen molar-refractivity contribution in [2.75, 3.05) is 32.8 Å². The van der Waals surface area contributed by atoms with Crippen molar-refractivity contribution >= 4 is 11.9 Å². The molecular weight excluding hydrogens is 342 g/mol. The number of ether oxygens (including phenoxy) is 1. The van der Waals surface area contributed by atoms with E-state index in [1.165, 1.54) is 12.8 Å². The number of unbranched alkanes of at least 4 members (excludes halogenated alkanes) is 1. The maximum Gasteiger partial charge on any atom is 0.317 e. The number of piperazine rings is 1. The van der Waals surface area contributed by atoms with Crippen LogP contribution in [0.2, 0.25) is 0 Å². The molecule has 1 aliphatic carbocycles. The molecular formula is C21H31N3O3. The molecule has 3 rings (SSSR count). The quantitative estimate of drug-likeness (QED) is 0.779. The zero-order valence-corrected chi connectivity index (χ0v) is 16.3. The lowest BCUT2D eigenvalue weighted by molar-refractivity contribution is 0.0663.